The van der Waals surface area contributed by atoms with Gasteiger partial charge in [-0.15, -0.1) is 56.0 Å². The van der Waals surface area contributed by atoms with Gasteiger partial charge in [0.25, 0.3) is 0 Å². The Morgan fingerprint density at radius 2 is 1.70 bits per heavy atom. The number of benzene rings is 1. The highest BCUT2D eigenvalue weighted by Crippen LogP contribution is 2.32. The molecule has 0 bridgehead atoms. The molecule has 3 nitrogen and oxygen atoms in total. The Labute approximate surface area is 147 Å². The van der Waals surface area contributed by atoms with E-state index in [4.69, 9.17) is 0 Å². The molecule has 0 fully saturated rings. The minimum Gasteiger partial charge on any atom is -0.143 e. The molecule has 0 spiro atoms. The van der Waals surface area contributed by atoms with E-state index in [1.54, 1.807) is 34.0 Å². The van der Waals surface area contributed by atoms with Gasteiger partial charge in [-0.3, -0.25) is 0 Å². The summed E-state index contributed by atoms with van der Waals surface area (Å²) in [7, 11) is 0. The molecule has 5 heterocycles. The van der Waals surface area contributed by atoms with Crippen molar-refractivity contribution in [2.24, 2.45) is 15.4 Å². The number of thiophene rings is 3. The van der Waals surface area contributed by atoms with Crippen molar-refractivity contribution in [1.82, 2.24) is 0 Å². The number of nitrogens with zero attached hydrogens (tertiary/aromatic N) is 3. The largest absolute Gasteiger partial charge is 0.143 e. The van der Waals surface area contributed by atoms with Crippen LogP contribution in [0.25, 0.3) is 25.6 Å². The molecule has 0 saturated heterocycles. The van der Waals surface area contributed by atoms with Crippen LogP contribution in [0.1, 0.15) is 0 Å². The van der Waals surface area contributed by atoms with Crippen LogP contribution in [0.5, 0.6) is 0 Å². The quantitative estimate of drug-likeness (QED) is 0.409. The SMILES string of the molecule is C1=c2c(c3c(c4ccsc24)=NN=N3)SC1.c1cc2sccc2s1. The molecule has 0 N–H and O–H groups in total. The van der Waals surface area contributed by atoms with E-state index < -0.39 is 0 Å². The first-order valence-corrected chi connectivity index (χ1v) is 10.6. The van der Waals surface area contributed by atoms with Gasteiger partial charge in [0, 0.05) is 35.4 Å². The summed E-state index contributed by atoms with van der Waals surface area (Å²) < 4.78 is 4.15. The fraction of sp³-hybridized carbons (Fsp3) is 0.0625. The van der Waals surface area contributed by atoms with Gasteiger partial charge in [-0.25, -0.2) is 0 Å². The van der Waals surface area contributed by atoms with Crippen molar-refractivity contribution in [1.29, 1.82) is 0 Å². The topological polar surface area (TPSA) is 37.1 Å². The molecule has 4 aromatic rings. The third-order valence-electron chi connectivity index (χ3n) is 3.73. The maximum Gasteiger partial charge on any atom is 0.130 e. The summed E-state index contributed by atoms with van der Waals surface area (Å²) in [5.74, 6) is 1.04. The van der Waals surface area contributed by atoms with E-state index in [0.29, 0.717) is 0 Å². The molecular weight excluding hydrogens is 362 g/mol. The minimum atomic E-state index is 0.952. The highest BCUT2D eigenvalue weighted by molar-refractivity contribution is 8.00. The minimum absolute atomic E-state index is 0.952. The zero-order chi connectivity index (χ0) is 15.2. The summed E-state index contributed by atoms with van der Waals surface area (Å²) >= 11 is 7.21. The van der Waals surface area contributed by atoms with Crippen molar-refractivity contribution in [3.8, 4) is 0 Å². The third-order valence-corrected chi connectivity index (χ3v) is 7.60. The molecule has 0 aliphatic carbocycles. The van der Waals surface area contributed by atoms with E-state index in [2.05, 4.69) is 55.9 Å². The molecule has 112 valence electrons. The number of hydrogen-bond donors (Lipinski definition) is 0. The van der Waals surface area contributed by atoms with Gasteiger partial charge in [0.2, 0.25) is 0 Å². The molecule has 1 aromatic carbocycles. The van der Waals surface area contributed by atoms with Gasteiger partial charge >= 0.3 is 0 Å². The predicted molar refractivity (Wildman–Crippen MR) is 102 cm³/mol. The van der Waals surface area contributed by atoms with Crippen LogP contribution in [-0.2, 0) is 0 Å². The van der Waals surface area contributed by atoms with Crippen molar-refractivity contribution >= 4 is 77.0 Å². The molecule has 0 atom stereocenters. The first-order valence-electron chi connectivity index (χ1n) is 6.97. The lowest BCUT2D eigenvalue weighted by molar-refractivity contribution is 1.08. The lowest BCUT2D eigenvalue weighted by Gasteiger charge is -1.98. The summed E-state index contributed by atoms with van der Waals surface area (Å²) in [4.78, 5) is 1.25. The molecule has 0 amide bonds. The lowest BCUT2D eigenvalue weighted by Crippen LogP contribution is -2.10. The fourth-order valence-electron chi connectivity index (χ4n) is 2.71. The smallest absolute Gasteiger partial charge is 0.130 e. The summed E-state index contributed by atoms with van der Waals surface area (Å²) in [6.07, 6.45) is 2.27. The monoisotopic (exact) mass is 371 g/mol. The van der Waals surface area contributed by atoms with Crippen LogP contribution >= 0.6 is 45.8 Å². The summed E-state index contributed by atoms with van der Waals surface area (Å²) in [5.41, 5.74) is 0.967. The summed E-state index contributed by atoms with van der Waals surface area (Å²) in [6.45, 7) is 0. The van der Waals surface area contributed by atoms with Crippen LogP contribution < -0.4 is 10.6 Å². The van der Waals surface area contributed by atoms with Gasteiger partial charge in [0.1, 0.15) is 11.0 Å². The molecule has 23 heavy (non-hydrogen) atoms. The zero-order valence-electron chi connectivity index (χ0n) is 11.7. The second kappa shape index (κ2) is 5.52. The molecule has 0 radical (unpaired) electrons. The molecular formula is C16H9N3S4. The van der Waals surface area contributed by atoms with Crippen molar-refractivity contribution in [3.05, 3.63) is 44.9 Å². The number of hydrogen-bond acceptors (Lipinski definition) is 7. The Morgan fingerprint density at radius 3 is 2.52 bits per heavy atom. The Kier molecular flexibility index (Phi) is 3.33. The van der Waals surface area contributed by atoms with Gasteiger partial charge in [0.05, 0.1) is 0 Å². The van der Waals surface area contributed by atoms with Crippen molar-refractivity contribution in [2.45, 2.75) is 4.90 Å². The molecule has 0 unspecified atom stereocenters. The second-order valence-electron chi connectivity index (χ2n) is 4.98. The second-order valence-corrected chi connectivity index (χ2v) is 8.82. The standard InChI is InChI=1S/C10H5N3S2.C6H4S2/c1-3-14-9-5(1)7-8(12-13-11-7)10-6(9)2-4-15-10;1-3-7-6-2-4-8-5(1)6/h1-3H,4H2;1-4H. The van der Waals surface area contributed by atoms with Crippen LogP contribution in [0, 0.1) is 0 Å². The van der Waals surface area contributed by atoms with Crippen molar-refractivity contribution < 1.29 is 0 Å². The summed E-state index contributed by atoms with van der Waals surface area (Å²) in [5, 5.41) is 21.9. The van der Waals surface area contributed by atoms with Crippen molar-refractivity contribution in [2.75, 3.05) is 5.75 Å². The Balaban J connectivity index is 0.000000128. The maximum absolute atomic E-state index is 4.12. The van der Waals surface area contributed by atoms with Crippen LogP contribution in [0.3, 0.4) is 0 Å². The Morgan fingerprint density at radius 1 is 0.913 bits per heavy atom. The molecule has 6 rings (SSSR count). The van der Waals surface area contributed by atoms with Crippen LogP contribution in [0.4, 0.5) is 5.69 Å². The van der Waals surface area contributed by atoms with Crippen LogP contribution in [0.2, 0.25) is 0 Å². The molecule has 2 aliphatic heterocycles. The van der Waals surface area contributed by atoms with E-state index >= 15 is 0 Å². The van der Waals surface area contributed by atoms with E-state index in [0.717, 1.165) is 16.8 Å². The molecule has 7 heteroatoms. The number of rotatable bonds is 0. The van der Waals surface area contributed by atoms with Gasteiger partial charge in [-0.2, -0.15) is 0 Å². The third kappa shape index (κ3) is 2.19. The fourth-order valence-corrected chi connectivity index (χ4v) is 6.58. The van der Waals surface area contributed by atoms with Gasteiger partial charge in [0.15, 0.2) is 0 Å². The summed E-state index contributed by atoms with van der Waals surface area (Å²) in [6, 6.07) is 6.42. The maximum atomic E-state index is 4.12. The number of fused-ring (bicyclic) bond motifs is 7. The van der Waals surface area contributed by atoms with E-state index in [-0.39, 0.29) is 0 Å². The Bertz CT molecular complexity index is 1120. The van der Waals surface area contributed by atoms with Gasteiger partial charge in [-0.1, -0.05) is 6.08 Å². The normalized spacial score (nSPS) is 14.3. The Hall–Kier alpha value is -1.54. The van der Waals surface area contributed by atoms with Gasteiger partial charge in [-0.05, 0) is 39.6 Å². The molecule has 3 aromatic heterocycles. The highest BCUT2D eigenvalue weighted by Gasteiger charge is 2.19. The van der Waals surface area contributed by atoms with E-state index in [1.807, 2.05) is 11.8 Å². The van der Waals surface area contributed by atoms with Crippen LogP contribution in [0.15, 0.2) is 54.7 Å². The zero-order valence-corrected chi connectivity index (χ0v) is 15.0. The van der Waals surface area contributed by atoms with Gasteiger partial charge < -0.3 is 0 Å². The average Bonchev–Trinajstić information content (AvgIpc) is 3.33. The lowest BCUT2D eigenvalue weighted by atomic mass is 10.2. The number of thioether (sulfide) groups is 1. The van der Waals surface area contributed by atoms with E-state index in [1.165, 1.54) is 29.6 Å². The highest BCUT2D eigenvalue weighted by atomic mass is 32.2. The van der Waals surface area contributed by atoms with E-state index in [9.17, 15) is 0 Å². The van der Waals surface area contributed by atoms with Crippen molar-refractivity contribution in [3.63, 3.8) is 0 Å². The first kappa shape index (κ1) is 13.9. The van der Waals surface area contributed by atoms with Crippen LogP contribution in [-0.4, -0.2) is 5.75 Å². The first-order chi connectivity index (χ1) is 11.4. The average molecular weight is 372 g/mol. The molecule has 0 saturated carbocycles. The predicted octanol–water partition coefficient (Wildman–Crippen LogP) is 5.38. The molecule has 2 aliphatic rings.